The third-order valence-corrected chi connectivity index (χ3v) is 5.92. The summed E-state index contributed by atoms with van der Waals surface area (Å²) in [6, 6.07) is 7.58. The van der Waals surface area contributed by atoms with Crippen LogP contribution in [0.4, 0.5) is 5.13 Å². The van der Waals surface area contributed by atoms with E-state index in [0.29, 0.717) is 35.5 Å². The molecule has 1 aliphatic heterocycles. The summed E-state index contributed by atoms with van der Waals surface area (Å²) in [4.78, 5) is 22.2. The number of aromatic nitrogens is 1. The van der Waals surface area contributed by atoms with Crippen molar-refractivity contribution >= 4 is 56.3 Å². The summed E-state index contributed by atoms with van der Waals surface area (Å²) < 4.78 is 12.3. The highest BCUT2D eigenvalue weighted by molar-refractivity contribution is 7.22. The van der Waals surface area contributed by atoms with Crippen LogP contribution in [-0.4, -0.2) is 56.2 Å². The van der Waals surface area contributed by atoms with Crippen LogP contribution in [-0.2, 0) is 0 Å². The lowest BCUT2D eigenvalue weighted by atomic mass is 10.3. The molecule has 0 aliphatic carbocycles. The first kappa shape index (κ1) is 19.9. The van der Waals surface area contributed by atoms with Crippen LogP contribution in [0.5, 0.6) is 11.5 Å². The maximum absolute atomic E-state index is 13.0. The van der Waals surface area contributed by atoms with Crippen LogP contribution in [0.1, 0.15) is 9.67 Å². The van der Waals surface area contributed by atoms with Gasteiger partial charge in [0.15, 0.2) is 16.6 Å². The molecule has 0 bridgehead atoms. The van der Waals surface area contributed by atoms with E-state index in [2.05, 4.69) is 4.90 Å². The number of nitrogens with zero attached hydrogens (tertiary/aromatic N) is 3. The molecule has 2 aromatic heterocycles. The van der Waals surface area contributed by atoms with Gasteiger partial charge < -0.3 is 14.4 Å². The summed E-state index contributed by atoms with van der Waals surface area (Å²) in [5, 5.41) is 2.61. The first-order valence-electron chi connectivity index (χ1n) is 8.32. The number of benzene rings is 1. The van der Waals surface area contributed by atoms with E-state index in [1.54, 1.807) is 4.90 Å². The van der Waals surface area contributed by atoms with Crippen molar-refractivity contribution in [3.63, 3.8) is 0 Å². The molecular weight excluding hydrogens is 406 g/mol. The van der Waals surface area contributed by atoms with Gasteiger partial charge in [0, 0.05) is 25.2 Å². The van der Waals surface area contributed by atoms with Crippen LogP contribution in [0.25, 0.3) is 10.2 Å². The number of ether oxygens (including phenoxy) is 2. The van der Waals surface area contributed by atoms with Crippen molar-refractivity contribution in [3.05, 3.63) is 34.5 Å². The Labute approximate surface area is 171 Å². The Kier molecular flexibility index (Phi) is 6.21. The largest absolute Gasteiger partial charge is 0.486 e. The summed E-state index contributed by atoms with van der Waals surface area (Å²) in [6.45, 7) is 2.43. The van der Waals surface area contributed by atoms with Crippen LogP contribution < -0.4 is 14.4 Å². The minimum Gasteiger partial charge on any atom is -0.486 e. The number of thiazole rings is 1. The highest BCUT2D eigenvalue weighted by Crippen LogP contribution is 2.39. The topological polar surface area (TPSA) is 54.9 Å². The normalized spacial score (nSPS) is 12.9. The van der Waals surface area contributed by atoms with Crippen molar-refractivity contribution < 1.29 is 14.3 Å². The Balaban J connectivity index is 0.00000210. The number of anilines is 1. The Bertz CT molecular complexity index is 884. The van der Waals surface area contributed by atoms with E-state index < -0.39 is 0 Å². The van der Waals surface area contributed by atoms with E-state index in [-0.39, 0.29) is 18.3 Å². The van der Waals surface area contributed by atoms with Crippen LogP contribution in [0, 0.1) is 0 Å². The van der Waals surface area contributed by atoms with Gasteiger partial charge in [-0.05, 0) is 25.5 Å². The molecule has 1 aliphatic rings. The number of thiophene rings is 1. The second-order valence-electron chi connectivity index (χ2n) is 6.20. The average Bonchev–Trinajstić information content (AvgIpc) is 3.29. The molecule has 27 heavy (non-hydrogen) atoms. The summed E-state index contributed by atoms with van der Waals surface area (Å²) in [5.74, 6) is 1.44. The molecule has 0 N–H and O–H groups in total. The zero-order valence-electron chi connectivity index (χ0n) is 15.0. The molecule has 3 heterocycles. The molecule has 4 rings (SSSR count). The standard InChI is InChI=1S/C18H19N3O3S2.ClH/c1-20(2)5-6-21(17(22)15-4-3-9-25-15)18-19-12-10-13-14(11-16(12)26-18)24-8-7-23-13;/h3-4,9-11H,5-8H2,1-2H3;1H. The van der Waals surface area contributed by atoms with Gasteiger partial charge in [-0.15, -0.1) is 23.7 Å². The fourth-order valence-corrected chi connectivity index (χ4v) is 4.36. The molecule has 0 fully saturated rings. The highest BCUT2D eigenvalue weighted by Gasteiger charge is 2.23. The molecule has 144 valence electrons. The number of hydrogen-bond acceptors (Lipinski definition) is 7. The summed E-state index contributed by atoms with van der Waals surface area (Å²) in [7, 11) is 3.99. The van der Waals surface area contributed by atoms with Crippen molar-refractivity contribution in [1.29, 1.82) is 0 Å². The van der Waals surface area contributed by atoms with Crippen molar-refractivity contribution in [2.45, 2.75) is 0 Å². The third kappa shape index (κ3) is 4.19. The van der Waals surface area contributed by atoms with Crippen LogP contribution in [0.15, 0.2) is 29.6 Å². The second-order valence-corrected chi connectivity index (χ2v) is 8.15. The Morgan fingerprint density at radius 3 is 2.59 bits per heavy atom. The number of hydrogen-bond donors (Lipinski definition) is 0. The van der Waals surface area contributed by atoms with Gasteiger partial charge in [-0.1, -0.05) is 17.4 Å². The van der Waals surface area contributed by atoms with Crippen molar-refractivity contribution in [1.82, 2.24) is 9.88 Å². The lowest BCUT2D eigenvalue weighted by Gasteiger charge is -2.21. The van der Waals surface area contributed by atoms with E-state index in [1.165, 1.54) is 22.7 Å². The van der Waals surface area contributed by atoms with Gasteiger partial charge in [-0.25, -0.2) is 4.98 Å². The first-order valence-corrected chi connectivity index (χ1v) is 10.0. The van der Waals surface area contributed by atoms with Gasteiger partial charge in [0.1, 0.15) is 13.2 Å². The highest BCUT2D eigenvalue weighted by atomic mass is 35.5. The smallest absolute Gasteiger partial charge is 0.270 e. The van der Waals surface area contributed by atoms with E-state index in [0.717, 1.165) is 22.5 Å². The summed E-state index contributed by atoms with van der Waals surface area (Å²) in [6.07, 6.45) is 0. The number of rotatable bonds is 5. The van der Waals surface area contributed by atoms with Gasteiger partial charge >= 0.3 is 0 Å². The first-order chi connectivity index (χ1) is 12.6. The van der Waals surface area contributed by atoms with Crippen molar-refractivity contribution in [3.8, 4) is 11.5 Å². The van der Waals surface area contributed by atoms with Gasteiger partial charge in [-0.2, -0.15) is 0 Å². The molecule has 0 atom stereocenters. The minimum absolute atomic E-state index is 0. The molecule has 0 saturated carbocycles. The fraction of sp³-hybridized carbons (Fsp3) is 0.333. The molecule has 1 aromatic carbocycles. The summed E-state index contributed by atoms with van der Waals surface area (Å²) >= 11 is 2.95. The minimum atomic E-state index is -0.0156. The molecule has 1 amide bonds. The van der Waals surface area contributed by atoms with Gasteiger partial charge in [0.05, 0.1) is 15.1 Å². The molecule has 6 nitrogen and oxygen atoms in total. The van der Waals surface area contributed by atoms with Gasteiger partial charge in [-0.3, -0.25) is 9.69 Å². The number of amides is 1. The van der Waals surface area contributed by atoms with Crippen LogP contribution in [0.2, 0.25) is 0 Å². The summed E-state index contributed by atoms with van der Waals surface area (Å²) in [5.41, 5.74) is 0.822. The number of halogens is 1. The second kappa shape index (κ2) is 8.43. The molecule has 0 spiro atoms. The maximum Gasteiger partial charge on any atom is 0.270 e. The monoisotopic (exact) mass is 425 g/mol. The molecule has 9 heteroatoms. The van der Waals surface area contributed by atoms with Crippen LogP contribution >= 0.6 is 35.1 Å². The Morgan fingerprint density at radius 2 is 1.93 bits per heavy atom. The third-order valence-electron chi connectivity index (χ3n) is 4.02. The molecule has 0 radical (unpaired) electrons. The molecule has 3 aromatic rings. The lowest BCUT2D eigenvalue weighted by molar-refractivity contribution is 0.0989. The predicted molar refractivity (Wildman–Crippen MR) is 112 cm³/mol. The maximum atomic E-state index is 13.0. The zero-order chi connectivity index (χ0) is 18.1. The van der Waals surface area contributed by atoms with E-state index in [4.69, 9.17) is 14.5 Å². The van der Waals surface area contributed by atoms with E-state index in [9.17, 15) is 4.79 Å². The van der Waals surface area contributed by atoms with E-state index >= 15 is 0 Å². The number of carbonyl (C=O) groups is 1. The fourth-order valence-electron chi connectivity index (χ4n) is 2.69. The quantitative estimate of drug-likeness (QED) is 0.623. The van der Waals surface area contributed by atoms with Crippen molar-refractivity contribution in [2.24, 2.45) is 0 Å². The van der Waals surface area contributed by atoms with E-state index in [1.807, 2.05) is 43.7 Å². The Morgan fingerprint density at radius 1 is 1.19 bits per heavy atom. The van der Waals surface area contributed by atoms with Gasteiger partial charge in [0.25, 0.3) is 5.91 Å². The SMILES string of the molecule is CN(C)CCN(C(=O)c1cccs1)c1nc2cc3c(cc2s1)OCCO3.Cl. The molecule has 0 saturated heterocycles. The zero-order valence-corrected chi connectivity index (χ0v) is 17.5. The van der Waals surface area contributed by atoms with Crippen LogP contribution in [0.3, 0.4) is 0 Å². The number of fused-ring (bicyclic) bond motifs is 2. The molecular formula is C18H20ClN3O3S2. The number of likely N-dealkylation sites (N-methyl/N-ethyl adjacent to an activating group) is 1. The number of carbonyl (C=O) groups excluding carboxylic acids is 1. The van der Waals surface area contributed by atoms with Gasteiger partial charge in [0.2, 0.25) is 0 Å². The average molecular weight is 426 g/mol. The lowest BCUT2D eigenvalue weighted by Crippen LogP contribution is -2.36. The Hall–Kier alpha value is -1.87. The predicted octanol–water partition coefficient (Wildman–Crippen LogP) is 3.76. The van der Waals surface area contributed by atoms with Crippen molar-refractivity contribution in [2.75, 3.05) is 45.3 Å². The molecule has 0 unspecified atom stereocenters.